The van der Waals surface area contributed by atoms with Crippen molar-refractivity contribution >= 4 is 0 Å². The van der Waals surface area contributed by atoms with Gasteiger partial charge in [-0.3, -0.25) is 4.90 Å². The minimum Gasteiger partial charge on any atom is -0.390 e. The van der Waals surface area contributed by atoms with Crippen molar-refractivity contribution in [3.8, 4) is 0 Å². The summed E-state index contributed by atoms with van der Waals surface area (Å²) >= 11 is 0. The largest absolute Gasteiger partial charge is 0.390 e. The zero-order valence-electron chi connectivity index (χ0n) is 13.7. The average Bonchev–Trinajstić information content (AvgIpc) is 2.44. The molecular formula is C18H33NO2. The van der Waals surface area contributed by atoms with E-state index in [4.69, 9.17) is 4.74 Å². The van der Waals surface area contributed by atoms with E-state index in [2.05, 4.69) is 18.5 Å². The quantitative estimate of drug-likeness (QED) is 0.522. The Morgan fingerprint density at radius 3 is 2.29 bits per heavy atom. The first kappa shape index (κ1) is 17.0. The highest BCUT2D eigenvalue weighted by Crippen LogP contribution is 2.36. The van der Waals surface area contributed by atoms with Crippen LogP contribution in [0.4, 0.5) is 0 Å². The van der Waals surface area contributed by atoms with Gasteiger partial charge in [-0.05, 0) is 39.2 Å². The van der Waals surface area contributed by atoms with Crippen LogP contribution in [0.15, 0.2) is 12.7 Å². The number of piperidine rings is 1. The minimum absolute atomic E-state index is 0.418. The molecule has 21 heavy (non-hydrogen) atoms. The Bertz CT molecular complexity index is 304. The summed E-state index contributed by atoms with van der Waals surface area (Å²) in [5.74, 6) is 0. The molecule has 0 spiro atoms. The summed E-state index contributed by atoms with van der Waals surface area (Å²) in [6.07, 6.45) is 13.6. The first-order valence-corrected chi connectivity index (χ1v) is 8.77. The molecule has 0 saturated carbocycles. The summed E-state index contributed by atoms with van der Waals surface area (Å²) in [6, 6.07) is 0.836. The lowest BCUT2D eigenvalue weighted by Gasteiger charge is -2.50. The van der Waals surface area contributed by atoms with Crippen LogP contribution in [0, 0.1) is 0 Å². The van der Waals surface area contributed by atoms with Crippen molar-refractivity contribution in [1.82, 2.24) is 4.90 Å². The molecule has 0 amide bonds. The average molecular weight is 295 g/mol. The molecule has 2 atom stereocenters. The Labute approximate surface area is 130 Å². The summed E-state index contributed by atoms with van der Waals surface area (Å²) in [4.78, 5) is 2.41. The van der Waals surface area contributed by atoms with Gasteiger partial charge >= 0.3 is 0 Å². The summed E-state index contributed by atoms with van der Waals surface area (Å²) in [5.41, 5.74) is -0.436. The predicted molar refractivity (Wildman–Crippen MR) is 87.5 cm³/mol. The third-order valence-electron chi connectivity index (χ3n) is 5.30. The summed E-state index contributed by atoms with van der Waals surface area (Å²) in [5, 5.41) is 10.9. The molecule has 0 aliphatic carbocycles. The van der Waals surface area contributed by atoms with E-state index in [1.54, 1.807) is 0 Å². The molecule has 2 aliphatic rings. The highest BCUT2D eigenvalue weighted by Gasteiger charge is 2.43. The molecular weight excluding hydrogens is 262 g/mol. The van der Waals surface area contributed by atoms with Crippen molar-refractivity contribution in [1.29, 1.82) is 0 Å². The van der Waals surface area contributed by atoms with Crippen LogP contribution >= 0.6 is 0 Å². The second-order valence-corrected chi connectivity index (χ2v) is 7.09. The van der Waals surface area contributed by atoms with E-state index in [-0.39, 0.29) is 0 Å². The number of hydrogen-bond donors (Lipinski definition) is 1. The number of morpholine rings is 1. The smallest absolute Gasteiger partial charge is 0.0679 e. The van der Waals surface area contributed by atoms with Gasteiger partial charge in [0.25, 0.3) is 0 Å². The molecule has 0 aromatic rings. The van der Waals surface area contributed by atoms with Gasteiger partial charge in [-0.15, -0.1) is 6.58 Å². The molecule has 2 aliphatic heterocycles. The van der Waals surface area contributed by atoms with Crippen molar-refractivity contribution in [3.63, 3.8) is 0 Å². The van der Waals surface area contributed by atoms with E-state index in [1.807, 2.05) is 6.08 Å². The molecule has 3 heteroatoms. The van der Waals surface area contributed by atoms with Gasteiger partial charge < -0.3 is 9.84 Å². The number of ether oxygens (including phenoxy) is 1. The van der Waals surface area contributed by atoms with E-state index < -0.39 is 5.60 Å². The number of rotatable bonds is 9. The Hall–Kier alpha value is -0.380. The van der Waals surface area contributed by atoms with Crippen molar-refractivity contribution in [2.75, 3.05) is 20.3 Å². The standard InChI is InChI=1S/C18H33NO2/c1-3-4-5-6-7-8-9-10-11-18(20)12-16-14-21-15-17(13-18)19(16)2/h3,16-17,20H,1,4-15H2,2H3. The molecule has 2 unspecified atom stereocenters. The Morgan fingerprint density at radius 1 is 1.10 bits per heavy atom. The van der Waals surface area contributed by atoms with Crippen LogP contribution in [-0.2, 0) is 4.74 Å². The molecule has 2 rings (SSSR count). The van der Waals surface area contributed by atoms with E-state index in [9.17, 15) is 5.11 Å². The zero-order chi connectivity index (χ0) is 15.1. The molecule has 122 valence electrons. The van der Waals surface area contributed by atoms with Crippen LogP contribution in [0.1, 0.15) is 64.2 Å². The highest BCUT2D eigenvalue weighted by molar-refractivity contribution is 4.97. The predicted octanol–water partition coefficient (Wildman–Crippen LogP) is 3.52. The summed E-state index contributed by atoms with van der Waals surface area (Å²) in [7, 11) is 2.18. The molecule has 0 aromatic heterocycles. The van der Waals surface area contributed by atoms with Gasteiger partial charge in [0.2, 0.25) is 0 Å². The fourth-order valence-electron chi connectivity index (χ4n) is 3.89. The molecule has 0 radical (unpaired) electrons. The van der Waals surface area contributed by atoms with Crippen LogP contribution in [0.25, 0.3) is 0 Å². The normalized spacial score (nSPS) is 33.0. The van der Waals surface area contributed by atoms with Crippen LogP contribution in [0.2, 0.25) is 0 Å². The number of allylic oxidation sites excluding steroid dienone is 1. The van der Waals surface area contributed by atoms with E-state index in [0.717, 1.165) is 38.9 Å². The third-order valence-corrected chi connectivity index (χ3v) is 5.30. The molecule has 2 heterocycles. The van der Waals surface area contributed by atoms with Crippen LogP contribution < -0.4 is 0 Å². The second-order valence-electron chi connectivity index (χ2n) is 7.09. The molecule has 2 saturated heterocycles. The molecule has 2 fully saturated rings. The molecule has 1 N–H and O–H groups in total. The van der Waals surface area contributed by atoms with Crippen molar-refractivity contribution < 1.29 is 9.84 Å². The number of nitrogens with zero attached hydrogens (tertiary/aromatic N) is 1. The van der Waals surface area contributed by atoms with E-state index >= 15 is 0 Å². The van der Waals surface area contributed by atoms with Gasteiger partial charge in [0.1, 0.15) is 0 Å². The van der Waals surface area contributed by atoms with Crippen LogP contribution in [0.3, 0.4) is 0 Å². The van der Waals surface area contributed by atoms with E-state index in [1.165, 1.54) is 38.5 Å². The second kappa shape index (κ2) is 8.30. The van der Waals surface area contributed by atoms with Gasteiger partial charge in [-0.25, -0.2) is 0 Å². The third kappa shape index (κ3) is 5.08. The highest BCUT2D eigenvalue weighted by atomic mass is 16.5. The first-order chi connectivity index (χ1) is 10.1. The summed E-state index contributed by atoms with van der Waals surface area (Å²) < 4.78 is 5.63. The van der Waals surface area contributed by atoms with Gasteiger partial charge in [-0.2, -0.15) is 0 Å². The number of hydrogen-bond acceptors (Lipinski definition) is 3. The molecule has 0 aromatic carbocycles. The van der Waals surface area contributed by atoms with Crippen LogP contribution in [-0.4, -0.2) is 48.0 Å². The van der Waals surface area contributed by atoms with E-state index in [0.29, 0.717) is 12.1 Å². The fourth-order valence-corrected chi connectivity index (χ4v) is 3.89. The van der Waals surface area contributed by atoms with Crippen molar-refractivity contribution in [2.45, 2.75) is 81.9 Å². The Balaban J connectivity index is 1.60. The lowest BCUT2D eigenvalue weighted by molar-refractivity contribution is -0.137. The lowest BCUT2D eigenvalue weighted by atomic mass is 9.78. The summed E-state index contributed by atoms with van der Waals surface area (Å²) in [6.45, 7) is 5.34. The topological polar surface area (TPSA) is 32.7 Å². The Morgan fingerprint density at radius 2 is 1.67 bits per heavy atom. The number of likely N-dealkylation sites (N-methyl/N-ethyl adjacent to an activating group) is 1. The van der Waals surface area contributed by atoms with Crippen molar-refractivity contribution in [3.05, 3.63) is 12.7 Å². The van der Waals surface area contributed by atoms with Crippen molar-refractivity contribution in [2.24, 2.45) is 0 Å². The minimum atomic E-state index is -0.436. The monoisotopic (exact) mass is 295 g/mol. The van der Waals surface area contributed by atoms with Gasteiger partial charge in [0.15, 0.2) is 0 Å². The first-order valence-electron chi connectivity index (χ1n) is 8.77. The van der Waals surface area contributed by atoms with Crippen LogP contribution in [0.5, 0.6) is 0 Å². The zero-order valence-corrected chi connectivity index (χ0v) is 13.7. The maximum absolute atomic E-state index is 10.9. The SMILES string of the molecule is C=CCCCCCCCCC1(O)CC2COCC(C1)N2C. The molecule has 2 bridgehead atoms. The fraction of sp³-hybridized carbons (Fsp3) is 0.889. The maximum atomic E-state index is 10.9. The number of unbranched alkanes of at least 4 members (excludes halogenated alkanes) is 6. The lowest BCUT2D eigenvalue weighted by Crippen LogP contribution is -2.60. The number of fused-ring (bicyclic) bond motifs is 2. The Kier molecular flexibility index (Phi) is 6.72. The van der Waals surface area contributed by atoms with Gasteiger partial charge in [0, 0.05) is 12.1 Å². The number of aliphatic hydroxyl groups is 1. The molecule has 3 nitrogen and oxygen atoms in total. The maximum Gasteiger partial charge on any atom is 0.0679 e. The van der Waals surface area contributed by atoms with Gasteiger partial charge in [0.05, 0.1) is 18.8 Å². The van der Waals surface area contributed by atoms with Gasteiger partial charge in [-0.1, -0.05) is 38.2 Å².